The van der Waals surface area contributed by atoms with E-state index in [0.29, 0.717) is 0 Å². The summed E-state index contributed by atoms with van der Waals surface area (Å²) in [5, 5.41) is 1.03. The Kier molecular flexibility index (Phi) is 4.18. The lowest BCUT2D eigenvalue weighted by Crippen LogP contribution is -2.04. The van der Waals surface area contributed by atoms with Crippen molar-refractivity contribution < 1.29 is 0 Å². The Labute approximate surface area is 106 Å². The highest BCUT2D eigenvalue weighted by molar-refractivity contribution is 7.98. The number of nitrogens with zero attached hydrogens (tertiary/aromatic N) is 1. The van der Waals surface area contributed by atoms with E-state index in [9.17, 15) is 0 Å². The average Bonchev–Trinajstić information content (AvgIpc) is 2.38. The Morgan fingerprint density at radius 2 is 2.00 bits per heavy atom. The number of aromatic nitrogens is 1. The first-order valence-corrected chi connectivity index (χ1v) is 6.62. The fourth-order valence-corrected chi connectivity index (χ4v) is 2.38. The summed E-state index contributed by atoms with van der Waals surface area (Å²) >= 11 is 1.74. The maximum Gasteiger partial charge on any atom is 0.0966 e. The predicted octanol–water partition coefficient (Wildman–Crippen LogP) is 3.39. The minimum Gasteiger partial charge on any atom is -0.324 e. The normalized spacial score (nSPS) is 12.4. The Balaban J connectivity index is 2.02. The van der Waals surface area contributed by atoms with Crippen LogP contribution in [0.4, 0.5) is 0 Å². The molecule has 1 aromatic carbocycles. The highest BCUT2D eigenvalue weighted by atomic mass is 32.2. The van der Waals surface area contributed by atoms with E-state index in [1.807, 2.05) is 25.3 Å². The molecule has 1 aromatic heterocycles. The van der Waals surface area contributed by atoms with E-state index in [1.54, 1.807) is 11.8 Å². The lowest BCUT2D eigenvalue weighted by atomic mass is 10.1. The lowest BCUT2D eigenvalue weighted by Gasteiger charge is -2.07. The number of thioether (sulfide) groups is 1. The molecular formula is C14H16N2S. The Morgan fingerprint density at radius 1 is 1.24 bits per heavy atom. The summed E-state index contributed by atoms with van der Waals surface area (Å²) in [6.45, 7) is 1.99. The summed E-state index contributed by atoms with van der Waals surface area (Å²) in [5.74, 6) is 0.941. The van der Waals surface area contributed by atoms with Crippen LogP contribution in [-0.4, -0.2) is 4.98 Å². The second-order valence-corrected chi connectivity index (χ2v) is 4.99. The number of nitrogens with two attached hydrogens (primary N) is 1. The van der Waals surface area contributed by atoms with E-state index >= 15 is 0 Å². The zero-order valence-corrected chi connectivity index (χ0v) is 10.7. The highest BCUT2D eigenvalue weighted by Gasteiger charge is 2.02. The highest BCUT2D eigenvalue weighted by Crippen LogP contribution is 2.22. The topological polar surface area (TPSA) is 38.9 Å². The standard InChI is InChI=1S/C14H16N2S/c1-11(15)13-7-8-16-14(9-13)17-10-12-5-3-2-4-6-12/h2-9,11H,10,15H2,1H3. The molecule has 0 aliphatic rings. The SMILES string of the molecule is CC(N)c1ccnc(SCc2ccccc2)c1. The van der Waals surface area contributed by atoms with Crippen molar-refractivity contribution in [1.29, 1.82) is 0 Å². The molecule has 0 amide bonds. The van der Waals surface area contributed by atoms with Crippen LogP contribution in [0.2, 0.25) is 0 Å². The first-order valence-electron chi connectivity index (χ1n) is 5.64. The van der Waals surface area contributed by atoms with Crippen LogP contribution in [0, 0.1) is 0 Å². The summed E-state index contributed by atoms with van der Waals surface area (Å²) in [5.41, 5.74) is 8.30. The van der Waals surface area contributed by atoms with Gasteiger partial charge in [0.1, 0.15) is 0 Å². The van der Waals surface area contributed by atoms with Crippen molar-refractivity contribution in [3.05, 3.63) is 59.8 Å². The molecule has 0 radical (unpaired) electrons. The predicted molar refractivity (Wildman–Crippen MR) is 72.8 cm³/mol. The van der Waals surface area contributed by atoms with Gasteiger partial charge < -0.3 is 5.73 Å². The van der Waals surface area contributed by atoms with Crippen molar-refractivity contribution in [1.82, 2.24) is 4.98 Å². The summed E-state index contributed by atoms with van der Waals surface area (Å²) in [6, 6.07) is 14.5. The van der Waals surface area contributed by atoms with E-state index in [-0.39, 0.29) is 6.04 Å². The fourth-order valence-electron chi connectivity index (χ4n) is 1.52. The molecule has 1 heterocycles. The van der Waals surface area contributed by atoms with Crippen molar-refractivity contribution >= 4 is 11.8 Å². The van der Waals surface area contributed by atoms with Gasteiger partial charge in [-0.1, -0.05) is 30.3 Å². The molecule has 88 valence electrons. The van der Waals surface area contributed by atoms with E-state index < -0.39 is 0 Å². The van der Waals surface area contributed by atoms with Gasteiger partial charge in [-0.3, -0.25) is 0 Å². The number of hydrogen-bond donors (Lipinski definition) is 1. The molecule has 1 unspecified atom stereocenters. The molecule has 0 bridgehead atoms. The first-order chi connectivity index (χ1) is 8.25. The molecule has 2 N–H and O–H groups in total. The van der Waals surface area contributed by atoms with Crippen LogP contribution in [0.15, 0.2) is 53.7 Å². The Bertz CT molecular complexity index is 469. The molecule has 1 atom stereocenters. The maximum absolute atomic E-state index is 5.85. The van der Waals surface area contributed by atoms with Crippen LogP contribution in [0.5, 0.6) is 0 Å². The zero-order valence-electron chi connectivity index (χ0n) is 9.84. The minimum atomic E-state index is 0.0640. The number of pyridine rings is 1. The third kappa shape index (κ3) is 3.58. The lowest BCUT2D eigenvalue weighted by molar-refractivity contribution is 0.808. The summed E-state index contributed by atoms with van der Waals surface area (Å²) in [7, 11) is 0. The quantitative estimate of drug-likeness (QED) is 0.838. The first kappa shape index (κ1) is 12.1. The van der Waals surface area contributed by atoms with Crippen LogP contribution in [0.1, 0.15) is 24.1 Å². The zero-order chi connectivity index (χ0) is 12.1. The third-order valence-electron chi connectivity index (χ3n) is 2.51. The maximum atomic E-state index is 5.85. The van der Waals surface area contributed by atoms with Gasteiger partial charge in [-0.25, -0.2) is 4.98 Å². The molecule has 0 aliphatic carbocycles. The summed E-state index contributed by atoms with van der Waals surface area (Å²) < 4.78 is 0. The summed E-state index contributed by atoms with van der Waals surface area (Å²) in [4.78, 5) is 4.34. The largest absolute Gasteiger partial charge is 0.324 e. The molecule has 0 saturated carbocycles. The van der Waals surface area contributed by atoms with Crippen molar-refractivity contribution in [2.45, 2.75) is 23.7 Å². The van der Waals surface area contributed by atoms with Gasteiger partial charge in [-0.15, -0.1) is 11.8 Å². The van der Waals surface area contributed by atoms with Crippen LogP contribution < -0.4 is 5.73 Å². The van der Waals surface area contributed by atoms with Crippen molar-refractivity contribution in [3.63, 3.8) is 0 Å². The van der Waals surface area contributed by atoms with Gasteiger partial charge in [0.2, 0.25) is 0 Å². The van der Waals surface area contributed by atoms with Gasteiger partial charge in [-0.05, 0) is 30.2 Å². The molecule has 0 saturated heterocycles. The molecule has 3 heteroatoms. The van der Waals surface area contributed by atoms with Crippen molar-refractivity contribution in [2.24, 2.45) is 5.73 Å². The second kappa shape index (κ2) is 5.84. The van der Waals surface area contributed by atoms with E-state index in [2.05, 4.69) is 35.3 Å². The summed E-state index contributed by atoms with van der Waals surface area (Å²) in [6.07, 6.45) is 1.83. The van der Waals surface area contributed by atoms with Crippen LogP contribution in [0.25, 0.3) is 0 Å². The Hall–Kier alpha value is -1.32. The van der Waals surface area contributed by atoms with Gasteiger partial charge >= 0.3 is 0 Å². The Morgan fingerprint density at radius 3 is 2.71 bits per heavy atom. The number of rotatable bonds is 4. The molecule has 2 aromatic rings. The smallest absolute Gasteiger partial charge is 0.0966 e. The van der Waals surface area contributed by atoms with Gasteiger partial charge in [0.05, 0.1) is 5.03 Å². The van der Waals surface area contributed by atoms with E-state index in [1.165, 1.54) is 5.56 Å². The average molecular weight is 244 g/mol. The van der Waals surface area contributed by atoms with E-state index in [0.717, 1.165) is 16.3 Å². The number of benzene rings is 1. The van der Waals surface area contributed by atoms with Gasteiger partial charge in [-0.2, -0.15) is 0 Å². The minimum absolute atomic E-state index is 0.0640. The van der Waals surface area contributed by atoms with Crippen LogP contribution in [0.3, 0.4) is 0 Å². The van der Waals surface area contributed by atoms with Crippen LogP contribution in [-0.2, 0) is 5.75 Å². The van der Waals surface area contributed by atoms with Crippen molar-refractivity contribution in [3.8, 4) is 0 Å². The van der Waals surface area contributed by atoms with Gasteiger partial charge in [0, 0.05) is 18.0 Å². The van der Waals surface area contributed by atoms with Crippen LogP contribution >= 0.6 is 11.8 Å². The molecular weight excluding hydrogens is 228 g/mol. The third-order valence-corrected chi connectivity index (χ3v) is 3.51. The molecule has 17 heavy (non-hydrogen) atoms. The van der Waals surface area contributed by atoms with Crippen molar-refractivity contribution in [2.75, 3.05) is 0 Å². The second-order valence-electron chi connectivity index (χ2n) is 3.99. The molecule has 0 spiro atoms. The number of hydrogen-bond acceptors (Lipinski definition) is 3. The monoisotopic (exact) mass is 244 g/mol. The molecule has 0 aliphatic heterocycles. The fraction of sp³-hybridized carbons (Fsp3) is 0.214. The molecule has 0 fully saturated rings. The van der Waals surface area contributed by atoms with Gasteiger partial charge in [0.15, 0.2) is 0 Å². The molecule has 2 rings (SSSR count). The van der Waals surface area contributed by atoms with Gasteiger partial charge in [0.25, 0.3) is 0 Å². The molecule has 2 nitrogen and oxygen atoms in total. The van der Waals surface area contributed by atoms with E-state index in [4.69, 9.17) is 5.73 Å².